The molecule has 0 saturated heterocycles. The first-order valence-electron chi connectivity index (χ1n) is 5.54. The first-order valence-corrected chi connectivity index (χ1v) is 5.54. The van der Waals surface area contributed by atoms with Gasteiger partial charge in [-0.05, 0) is 30.5 Å². The summed E-state index contributed by atoms with van der Waals surface area (Å²) < 4.78 is 0. The number of hydrogen-bond donors (Lipinski definition) is 3. The molecule has 0 radical (unpaired) electrons. The van der Waals surface area contributed by atoms with Crippen molar-refractivity contribution in [2.75, 3.05) is 6.54 Å². The number of azide groups is 1. The topological polar surface area (TPSA) is 139 Å². The van der Waals surface area contributed by atoms with Crippen molar-refractivity contribution >= 4 is 5.97 Å². The lowest BCUT2D eigenvalue weighted by molar-refractivity contribution is 0.0138. The number of carboxylic acids is 1. The molecule has 0 aromatic carbocycles. The summed E-state index contributed by atoms with van der Waals surface area (Å²) in [4.78, 5) is 17.2. The summed E-state index contributed by atoms with van der Waals surface area (Å²) in [6.45, 7) is 1.71. The molecule has 19 heavy (non-hydrogen) atoms. The maximum Gasteiger partial charge on any atom is 0.354 e. The maximum atomic E-state index is 11.0. The van der Waals surface area contributed by atoms with Crippen LogP contribution in [0.1, 0.15) is 34.1 Å². The summed E-state index contributed by atoms with van der Waals surface area (Å²) in [7, 11) is 0. The van der Waals surface area contributed by atoms with Gasteiger partial charge in [0.05, 0.1) is 6.10 Å². The van der Waals surface area contributed by atoms with Gasteiger partial charge in [-0.3, -0.25) is 0 Å². The van der Waals surface area contributed by atoms with Gasteiger partial charge in [-0.25, -0.2) is 9.78 Å². The van der Waals surface area contributed by atoms with Crippen LogP contribution in [0.3, 0.4) is 0 Å². The van der Waals surface area contributed by atoms with E-state index in [1.165, 1.54) is 12.3 Å². The third-order valence-electron chi connectivity index (χ3n) is 2.53. The molecule has 102 valence electrons. The van der Waals surface area contributed by atoms with E-state index in [0.717, 1.165) is 0 Å². The molecule has 0 spiro atoms. The highest BCUT2D eigenvalue weighted by atomic mass is 16.4. The van der Waals surface area contributed by atoms with Gasteiger partial charge in [0.2, 0.25) is 0 Å². The second-order valence-electron chi connectivity index (χ2n) is 4.01. The van der Waals surface area contributed by atoms with Crippen LogP contribution in [0.5, 0.6) is 0 Å². The predicted molar refractivity (Wildman–Crippen MR) is 65.5 cm³/mol. The molecular formula is C11H14N4O4. The highest BCUT2D eigenvalue weighted by Gasteiger charge is 2.24. The fourth-order valence-electron chi connectivity index (χ4n) is 1.60. The van der Waals surface area contributed by atoms with Crippen LogP contribution in [0.15, 0.2) is 17.4 Å². The van der Waals surface area contributed by atoms with Gasteiger partial charge < -0.3 is 15.3 Å². The normalized spacial score (nSPS) is 13.4. The van der Waals surface area contributed by atoms with Crippen LogP contribution in [0.2, 0.25) is 0 Å². The Hall–Kier alpha value is -2.15. The number of carbonyl (C=O) groups is 1. The van der Waals surface area contributed by atoms with Gasteiger partial charge in [0.1, 0.15) is 6.10 Å². The number of aromatic carboxylic acids is 1. The Kier molecular flexibility index (Phi) is 5.25. The van der Waals surface area contributed by atoms with Crippen LogP contribution >= 0.6 is 0 Å². The third-order valence-corrected chi connectivity index (χ3v) is 2.53. The van der Waals surface area contributed by atoms with Crippen molar-refractivity contribution in [3.63, 3.8) is 0 Å². The minimum atomic E-state index is -1.40. The Morgan fingerprint density at radius 3 is 2.84 bits per heavy atom. The minimum Gasteiger partial charge on any atom is -0.477 e. The lowest BCUT2D eigenvalue weighted by atomic mass is 9.99. The molecule has 0 aliphatic heterocycles. The number of hydrogen-bond acceptors (Lipinski definition) is 5. The van der Waals surface area contributed by atoms with Gasteiger partial charge >= 0.3 is 5.97 Å². The maximum absolute atomic E-state index is 11.0. The summed E-state index contributed by atoms with van der Waals surface area (Å²) >= 11 is 0. The lowest BCUT2D eigenvalue weighted by Gasteiger charge is -2.19. The number of aliphatic hydroxyl groups is 2. The number of carboxylic acid groups (broad SMARTS) is 1. The van der Waals surface area contributed by atoms with Crippen LogP contribution < -0.4 is 0 Å². The summed E-state index contributed by atoms with van der Waals surface area (Å²) in [5.41, 5.74) is 8.52. The molecule has 0 amide bonds. The van der Waals surface area contributed by atoms with Crippen molar-refractivity contribution in [2.45, 2.75) is 25.6 Å². The van der Waals surface area contributed by atoms with Crippen LogP contribution in [0.4, 0.5) is 0 Å². The van der Waals surface area contributed by atoms with E-state index in [1.54, 1.807) is 6.92 Å². The molecule has 1 aromatic heterocycles. The minimum absolute atomic E-state index is 0.0103. The predicted octanol–water partition coefficient (Wildman–Crippen LogP) is 1.18. The fraction of sp³-hybridized carbons (Fsp3) is 0.455. The van der Waals surface area contributed by atoms with Crippen molar-refractivity contribution < 1.29 is 20.1 Å². The molecule has 0 aliphatic carbocycles. The first kappa shape index (κ1) is 14.9. The molecule has 2 unspecified atom stereocenters. The van der Waals surface area contributed by atoms with E-state index in [2.05, 4.69) is 15.0 Å². The number of rotatable bonds is 6. The average molecular weight is 266 g/mol. The Morgan fingerprint density at radius 1 is 1.58 bits per heavy atom. The summed E-state index contributed by atoms with van der Waals surface area (Å²) in [6, 6.07) is 1.46. The highest BCUT2D eigenvalue weighted by Crippen LogP contribution is 2.22. The molecule has 2 atom stereocenters. The van der Waals surface area contributed by atoms with Crippen molar-refractivity contribution in [1.82, 2.24) is 4.98 Å². The zero-order chi connectivity index (χ0) is 14.4. The molecule has 0 saturated carbocycles. The van der Waals surface area contributed by atoms with Crippen molar-refractivity contribution in [2.24, 2.45) is 5.11 Å². The Balaban J connectivity index is 2.96. The smallest absolute Gasteiger partial charge is 0.354 e. The molecule has 0 aliphatic rings. The van der Waals surface area contributed by atoms with Gasteiger partial charge in [0.25, 0.3) is 0 Å². The first-order chi connectivity index (χ1) is 8.97. The van der Waals surface area contributed by atoms with Crippen LogP contribution in [0.25, 0.3) is 10.4 Å². The molecule has 8 nitrogen and oxygen atoms in total. The van der Waals surface area contributed by atoms with Gasteiger partial charge in [-0.15, -0.1) is 0 Å². The second kappa shape index (κ2) is 6.69. The second-order valence-corrected chi connectivity index (χ2v) is 4.01. The van der Waals surface area contributed by atoms with E-state index in [-0.39, 0.29) is 24.2 Å². The molecule has 3 N–H and O–H groups in total. The van der Waals surface area contributed by atoms with E-state index in [1.807, 2.05) is 0 Å². The summed E-state index contributed by atoms with van der Waals surface area (Å²) in [5.74, 6) is -1.28. The van der Waals surface area contributed by atoms with Crippen LogP contribution in [0, 0.1) is 6.92 Å². The quantitative estimate of drug-likeness (QED) is 0.403. The molecule has 1 aromatic rings. The Morgan fingerprint density at radius 2 is 2.26 bits per heavy atom. The molecule has 8 heteroatoms. The number of aryl methyl sites for hydroxylation is 1. The summed E-state index contributed by atoms with van der Waals surface area (Å²) in [5, 5.41) is 31.9. The molecular weight excluding hydrogens is 252 g/mol. The van der Waals surface area contributed by atoms with E-state index in [9.17, 15) is 15.0 Å². The Bertz CT molecular complexity index is 513. The number of aromatic nitrogens is 1. The van der Waals surface area contributed by atoms with Crippen molar-refractivity contribution in [3.8, 4) is 0 Å². The molecule has 1 rings (SSSR count). The van der Waals surface area contributed by atoms with E-state index >= 15 is 0 Å². The van der Waals surface area contributed by atoms with Crippen molar-refractivity contribution in [1.29, 1.82) is 0 Å². The largest absolute Gasteiger partial charge is 0.477 e. The SMILES string of the molecule is Cc1cnc(C(=O)O)c(C(O)C(O)CCN=[N+]=[N-])c1. The molecule has 0 fully saturated rings. The van der Waals surface area contributed by atoms with Gasteiger partial charge in [0.15, 0.2) is 5.69 Å². The summed E-state index contributed by atoms with van der Waals surface area (Å²) in [6.07, 6.45) is -1.23. The van der Waals surface area contributed by atoms with Gasteiger partial charge in [-0.1, -0.05) is 5.11 Å². The molecule has 1 heterocycles. The third kappa shape index (κ3) is 3.92. The number of nitrogens with zero attached hydrogens (tertiary/aromatic N) is 4. The van der Waals surface area contributed by atoms with E-state index in [4.69, 9.17) is 10.6 Å². The van der Waals surface area contributed by atoms with Gasteiger partial charge in [-0.2, -0.15) is 0 Å². The monoisotopic (exact) mass is 266 g/mol. The van der Waals surface area contributed by atoms with Crippen molar-refractivity contribution in [3.05, 3.63) is 39.5 Å². The fourth-order valence-corrected chi connectivity index (χ4v) is 1.60. The van der Waals surface area contributed by atoms with Crippen LogP contribution in [-0.2, 0) is 0 Å². The zero-order valence-electron chi connectivity index (χ0n) is 10.3. The van der Waals surface area contributed by atoms with E-state index < -0.39 is 18.2 Å². The molecule has 0 bridgehead atoms. The standard InChI is InChI=1S/C11H14N4O4/c1-6-4-7(9(11(18)19)13-5-6)10(17)8(16)2-3-14-15-12/h4-5,8,10,16-17H,2-3H2,1H3,(H,18,19). The highest BCUT2D eigenvalue weighted by molar-refractivity contribution is 5.87. The zero-order valence-corrected chi connectivity index (χ0v) is 10.3. The Labute approximate surface area is 109 Å². The van der Waals surface area contributed by atoms with Gasteiger partial charge in [0, 0.05) is 23.2 Å². The average Bonchev–Trinajstić information content (AvgIpc) is 2.37. The number of aliphatic hydroxyl groups excluding tert-OH is 2. The van der Waals surface area contributed by atoms with E-state index in [0.29, 0.717) is 5.56 Å². The number of pyridine rings is 1. The lowest BCUT2D eigenvalue weighted by Crippen LogP contribution is -2.22. The van der Waals surface area contributed by atoms with Crippen LogP contribution in [-0.4, -0.2) is 38.9 Å².